The topological polar surface area (TPSA) is 154 Å². The van der Waals surface area contributed by atoms with Crippen LogP contribution in [0.25, 0.3) is 16.9 Å². The molecule has 1 aliphatic rings. The van der Waals surface area contributed by atoms with Gasteiger partial charge in [-0.3, -0.25) is 9.79 Å². The Balaban J connectivity index is 1.48. The number of nitrogens with zero attached hydrogens (tertiary/aromatic N) is 7. The first-order valence-electron chi connectivity index (χ1n) is 10.9. The zero-order valence-corrected chi connectivity index (χ0v) is 18.2. The summed E-state index contributed by atoms with van der Waals surface area (Å²) in [5.41, 5.74) is 8.34. The lowest BCUT2D eigenvalue weighted by Gasteiger charge is -2.17. The second-order valence-corrected chi connectivity index (χ2v) is 7.82. The van der Waals surface area contributed by atoms with E-state index >= 15 is 0 Å². The van der Waals surface area contributed by atoms with Crippen LogP contribution in [0.4, 0.5) is 5.95 Å². The quantitative estimate of drug-likeness (QED) is 0.446. The maximum absolute atomic E-state index is 10.6. The molecular weight excluding hydrogens is 424 g/mol. The predicted octanol–water partition coefficient (Wildman–Crippen LogP) is 2.36. The third kappa shape index (κ3) is 5.95. The SMILES string of the molecule is NCCCC1CN=CC(=Nc2ncc3nnn(-c4ccc(OCCCC(=O)O)cc4)c3n2)C1. The van der Waals surface area contributed by atoms with Gasteiger partial charge in [-0.25, -0.2) is 9.98 Å². The molecule has 172 valence electrons. The van der Waals surface area contributed by atoms with Crippen molar-refractivity contribution in [2.75, 3.05) is 19.7 Å². The van der Waals surface area contributed by atoms with Crippen molar-refractivity contribution in [3.05, 3.63) is 30.5 Å². The fraction of sp³-hybridized carbons (Fsp3) is 0.409. The van der Waals surface area contributed by atoms with E-state index in [1.807, 2.05) is 12.1 Å². The van der Waals surface area contributed by atoms with Gasteiger partial charge in [-0.1, -0.05) is 5.21 Å². The normalized spacial score (nSPS) is 17.0. The highest BCUT2D eigenvalue weighted by atomic mass is 16.5. The van der Waals surface area contributed by atoms with E-state index in [1.54, 1.807) is 29.2 Å². The van der Waals surface area contributed by atoms with Crippen LogP contribution in [-0.4, -0.2) is 67.7 Å². The molecule has 0 saturated carbocycles. The minimum absolute atomic E-state index is 0.0788. The maximum atomic E-state index is 10.6. The number of carboxylic acid groups (broad SMARTS) is 1. The first-order valence-corrected chi connectivity index (χ1v) is 10.9. The molecule has 0 spiro atoms. The van der Waals surface area contributed by atoms with Crippen LogP contribution < -0.4 is 10.5 Å². The van der Waals surface area contributed by atoms with Gasteiger partial charge < -0.3 is 15.6 Å². The van der Waals surface area contributed by atoms with E-state index in [0.717, 1.165) is 37.2 Å². The van der Waals surface area contributed by atoms with Crippen LogP contribution in [0.1, 0.15) is 32.1 Å². The molecule has 0 saturated heterocycles. The molecule has 1 aromatic carbocycles. The van der Waals surface area contributed by atoms with Gasteiger partial charge in [0.15, 0.2) is 11.2 Å². The second kappa shape index (κ2) is 10.7. The first kappa shape index (κ1) is 22.5. The summed E-state index contributed by atoms with van der Waals surface area (Å²) in [6, 6.07) is 7.27. The highest BCUT2D eigenvalue weighted by Gasteiger charge is 2.16. The van der Waals surface area contributed by atoms with Crippen LogP contribution in [-0.2, 0) is 4.79 Å². The number of aromatic nitrogens is 5. The van der Waals surface area contributed by atoms with E-state index in [4.69, 9.17) is 15.6 Å². The van der Waals surface area contributed by atoms with Crippen molar-refractivity contribution >= 4 is 35.0 Å². The molecule has 11 nitrogen and oxygen atoms in total. The molecule has 0 aliphatic carbocycles. The van der Waals surface area contributed by atoms with E-state index in [0.29, 0.717) is 48.4 Å². The Morgan fingerprint density at radius 1 is 1.27 bits per heavy atom. The van der Waals surface area contributed by atoms with E-state index in [-0.39, 0.29) is 6.42 Å². The largest absolute Gasteiger partial charge is 0.494 e. The second-order valence-electron chi connectivity index (χ2n) is 7.82. The Morgan fingerprint density at radius 3 is 2.91 bits per heavy atom. The number of aliphatic carboxylic acids is 1. The minimum Gasteiger partial charge on any atom is -0.494 e. The Bertz CT molecular complexity index is 1160. The van der Waals surface area contributed by atoms with E-state index in [1.165, 1.54) is 0 Å². The number of rotatable bonds is 10. The number of aliphatic imine (C=N–C) groups is 2. The molecule has 1 atom stereocenters. The third-order valence-corrected chi connectivity index (χ3v) is 5.23. The van der Waals surface area contributed by atoms with E-state index < -0.39 is 5.97 Å². The maximum Gasteiger partial charge on any atom is 0.303 e. The molecule has 3 heterocycles. The molecule has 3 N–H and O–H groups in total. The number of hydrogen-bond acceptors (Lipinski definition) is 9. The smallest absolute Gasteiger partial charge is 0.303 e. The lowest BCUT2D eigenvalue weighted by Crippen LogP contribution is -2.19. The molecule has 11 heteroatoms. The molecule has 3 aromatic rings. The predicted molar refractivity (Wildman–Crippen MR) is 124 cm³/mol. The van der Waals surface area contributed by atoms with Crippen molar-refractivity contribution < 1.29 is 14.6 Å². The summed E-state index contributed by atoms with van der Waals surface area (Å²) in [6.45, 7) is 1.82. The molecule has 4 rings (SSSR count). The summed E-state index contributed by atoms with van der Waals surface area (Å²) in [7, 11) is 0. The van der Waals surface area contributed by atoms with Crippen LogP contribution in [0.2, 0.25) is 0 Å². The molecule has 0 radical (unpaired) electrons. The Hall–Kier alpha value is -3.73. The molecule has 33 heavy (non-hydrogen) atoms. The van der Waals surface area contributed by atoms with E-state index in [2.05, 4.69) is 30.3 Å². The summed E-state index contributed by atoms with van der Waals surface area (Å²) in [4.78, 5) is 28.5. The standard InChI is InChI=1S/C22H26N8O3/c23-9-1-3-15-11-16(13-24-12-15)26-22-25-14-19-21(27-22)30(29-28-19)17-5-7-18(8-6-17)33-10-2-4-20(31)32/h5-8,13-15H,1-4,9-12,23H2,(H,31,32). The molecule has 1 unspecified atom stereocenters. The summed E-state index contributed by atoms with van der Waals surface area (Å²) < 4.78 is 7.20. The molecule has 2 aromatic heterocycles. The number of hydrogen-bond donors (Lipinski definition) is 2. The monoisotopic (exact) mass is 450 g/mol. The lowest BCUT2D eigenvalue weighted by molar-refractivity contribution is -0.137. The third-order valence-electron chi connectivity index (χ3n) is 5.23. The van der Waals surface area contributed by atoms with Gasteiger partial charge in [0, 0.05) is 19.2 Å². The summed E-state index contributed by atoms with van der Waals surface area (Å²) in [5.74, 6) is 0.597. The van der Waals surface area contributed by atoms with Gasteiger partial charge in [0.2, 0.25) is 0 Å². The number of fused-ring (bicyclic) bond motifs is 1. The number of ether oxygens (including phenoxy) is 1. The van der Waals surface area contributed by atoms with Crippen molar-refractivity contribution in [1.29, 1.82) is 0 Å². The van der Waals surface area contributed by atoms with Crippen LogP contribution in [0, 0.1) is 5.92 Å². The summed E-state index contributed by atoms with van der Waals surface area (Å²) in [6.07, 6.45) is 6.77. The fourth-order valence-corrected chi connectivity index (χ4v) is 3.57. The lowest BCUT2D eigenvalue weighted by atomic mass is 9.95. The van der Waals surface area contributed by atoms with Crippen molar-refractivity contribution in [1.82, 2.24) is 25.0 Å². The minimum atomic E-state index is -0.833. The van der Waals surface area contributed by atoms with Crippen molar-refractivity contribution in [2.24, 2.45) is 21.6 Å². The number of carbonyl (C=O) groups is 1. The van der Waals surface area contributed by atoms with Crippen LogP contribution >= 0.6 is 0 Å². The molecule has 1 aliphatic heterocycles. The molecule has 0 bridgehead atoms. The van der Waals surface area contributed by atoms with Gasteiger partial charge in [-0.15, -0.1) is 5.10 Å². The highest BCUT2D eigenvalue weighted by Crippen LogP contribution is 2.21. The molecule has 0 fully saturated rings. The van der Waals surface area contributed by atoms with Crippen molar-refractivity contribution in [2.45, 2.75) is 32.1 Å². The Labute approximate surface area is 190 Å². The van der Waals surface area contributed by atoms with E-state index in [9.17, 15) is 4.79 Å². The average Bonchev–Trinajstić information content (AvgIpc) is 3.24. The van der Waals surface area contributed by atoms with Gasteiger partial charge in [0.1, 0.15) is 5.75 Å². The van der Waals surface area contributed by atoms with Gasteiger partial charge in [-0.2, -0.15) is 9.67 Å². The van der Waals surface area contributed by atoms with Crippen molar-refractivity contribution in [3.8, 4) is 11.4 Å². The first-order chi connectivity index (χ1) is 16.1. The Kier molecular flexibility index (Phi) is 7.30. The highest BCUT2D eigenvalue weighted by molar-refractivity contribution is 6.31. The van der Waals surface area contributed by atoms with Gasteiger partial charge >= 0.3 is 5.97 Å². The number of benzene rings is 1. The molecule has 0 amide bonds. The van der Waals surface area contributed by atoms with Gasteiger partial charge in [-0.05, 0) is 62.4 Å². The summed E-state index contributed by atoms with van der Waals surface area (Å²) >= 11 is 0. The van der Waals surface area contributed by atoms with Crippen LogP contribution in [0.15, 0.2) is 40.4 Å². The van der Waals surface area contributed by atoms with Crippen LogP contribution in [0.5, 0.6) is 5.75 Å². The fourth-order valence-electron chi connectivity index (χ4n) is 3.57. The van der Waals surface area contributed by atoms with Gasteiger partial charge in [0.05, 0.1) is 24.2 Å². The number of carboxylic acids is 1. The zero-order valence-electron chi connectivity index (χ0n) is 18.2. The van der Waals surface area contributed by atoms with Crippen LogP contribution in [0.3, 0.4) is 0 Å². The average molecular weight is 451 g/mol. The number of nitrogens with two attached hydrogens (primary N) is 1. The van der Waals surface area contributed by atoms with Gasteiger partial charge in [0.25, 0.3) is 5.95 Å². The Morgan fingerprint density at radius 2 is 2.12 bits per heavy atom. The molecular formula is C22H26N8O3. The summed E-state index contributed by atoms with van der Waals surface area (Å²) in [5, 5.41) is 17.0. The zero-order chi connectivity index (χ0) is 23.0. The van der Waals surface area contributed by atoms with Crippen molar-refractivity contribution in [3.63, 3.8) is 0 Å².